The summed E-state index contributed by atoms with van der Waals surface area (Å²) >= 11 is 6.29. The summed E-state index contributed by atoms with van der Waals surface area (Å²) in [6.07, 6.45) is 7.92. The van der Waals surface area contributed by atoms with E-state index in [0.29, 0.717) is 33.7 Å². The van der Waals surface area contributed by atoms with E-state index in [1.165, 1.54) is 44.6 Å². The Bertz CT molecular complexity index is 962. The van der Waals surface area contributed by atoms with Crippen molar-refractivity contribution in [2.24, 2.45) is 16.7 Å². The van der Waals surface area contributed by atoms with Crippen LogP contribution < -0.4 is 5.32 Å². The third kappa shape index (κ3) is 3.40. The number of carbonyl (C=O) groups is 1. The number of rotatable bonds is 5. The van der Waals surface area contributed by atoms with Crippen LogP contribution in [0.4, 0.5) is 0 Å². The minimum absolute atomic E-state index is 0.204. The lowest BCUT2D eigenvalue weighted by atomic mass is 9.43. The summed E-state index contributed by atoms with van der Waals surface area (Å²) in [4.78, 5) is 11.3. The fourth-order valence-electron chi connectivity index (χ4n) is 7.38. The van der Waals surface area contributed by atoms with Crippen molar-refractivity contribution in [1.82, 2.24) is 5.32 Å². The molecule has 2 atom stereocenters. The number of hydrogen-bond acceptors (Lipinski definition) is 3. The minimum Gasteiger partial charge on any atom is -0.478 e. The first-order valence-corrected chi connectivity index (χ1v) is 10.9. The van der Waals surface area contributed by atoms with Crippen LogP contribution in [0.25, 0.3) is 11.3 Å². The molecule has 5 heteroatoms. The first-order valence-electron chi connectivity index (χ1n) is 10.5. The Morgan fingerprint density at radius 2 is 1.86 bits per heavy atom. The van der Waals surface area contributed by atoms with Gasteiger partial charge in [-0.2, -0.15) is 0 Å². The van der Waals surface area contributed by atoms with Crippen LogP contribution in [0.5, 0.6) is 0 Å². The Hall–Kier alpha value is -1.78. The molecule has 1 heterocycles. The molecule has 4 nitrogen and oxygen atoms in total. The van der Waals surface area contributed by atoms with Gasteiger partial charge in [-0.05, 0) is 85.6 Å². The monoisotopic (exact) mass is 413 g/mol. The van der Waals surface area contributed by atoms with Crippen molar-refractivity contribution in [3.05, 3.63) is 46.7 Å². The molecular formula is C24H28ClNO3. The smallest absolute Gasteiger partial charge is 0.335 e. The van der Waals surface area contributed by atoms with Crippen LogP contribution in [0.15, 0.2) is 34.7 Å². The number of carboxylic acids is 1. The normalized spacial score (nSPS) is 35.2. The van der Waals surface area contributed by atoms with Gasteiger partial charge in [0.05, 0.1) is 17.1 Å². The van der Waals surface area contributed by atoms with E-state index in [1.807, 2.05) is 12.1 Å². The second-order valence-corrected chi connectivity index (χ2v) is 10.9. The van der Waals surface area contributed by atoms with Gasteiger partial charge in [0.2, 0.25) is 0 Å². The molecule has 0 saturated heterocycles. The molecule has 4 bridgehead atoms. The number of carboxylic acid groups (broad SMARTS) is 1. The molecule has 1 aromatic heterocycles. The van der Waals surface area contributed by atoms with Gasteiger partial charge >= 0.3 is 5.97 Å². The molecular weight excluding hydrogens is 386 g/mol. The molecule has 2 unspecified atom stereocenters. The second kappa shape index (κ2) is 6.36. The largest absolute Gasteiger partial charge is 0.478 e. The number of hydrogen-bond donors (Lipinski definition) is 2. The third-order valence-electron chi connectivity index (χ3n) is 7.40. The van der Waals surface area contributed by atoms with Crippen LogP contribution in [-0.4, -0.2) is 16.6 Å². The van der Waals surface area contributed by atoms with Crippen molar-refractivity contribution in [3.8, 4) is 11.3 Å². The highest BCUT2D eigenvalue weighted by atomic mass is 35.5. The SMILES string of the molecule is CC12CC3CC(C)(C1)CC(NCc1ccc(-c4cc(C(=O)O)ccc4Cl)o1)(C3)C2. The van der Waals surface area contributed by atoms with Gasteiger partial charge in [-0.25, -0.2) is 4.79 Å². The summed E-state index contributed by atoms with van der Waals surface area (Å²) in [7, 11) is 0. The topological polar surface area (TPSA) is 62.5 Å². The summed E-state index contributed by atoms with van der Waals surface area (Å²) in [5, 5.41) is 13.6. The first kappa shape index (κ1) is 19.2. The minimum atomic E-state index is -0.972. The van der Waals surface area contributed by atoms with E-state index in [1.54, 1.807) is 12.1 Å². The number of halogens is 1. The van der Waals surface area contributed by atoms with E-state index < -0.39 is 5.97 Å². The van der Waals surface area contributed by atoms with Gasteiger partial charge in [-0.3, -0.25) is 0 Å². The van der Waals surface area contributed by atoms with Crippen molar-refractivity contribution in [2.45, 2.75) is 64.5 Å². The highest BCUT2D eigenvalue weighted by Gasteiger charge is 2.59. The third-order valence-corrected chi connectivity index (χ3v) is 7.73. The fourth-order valence-corrected chi connectivity index (χ4v) is 7.59. The van der Waals surface area contributed by atoms with Gasteiger partial charge in [0.15, 0.2) is 0 Å². The fraction of sp³-hybridized carbons (Fsp3) is 0.542. The van der Waals surface area contributed by atoms with Crippen molar-refractivity contribution in [2.75, 3.05) is 0 Å². The molecule has 2 N–H and O–H groups in total. The Kier molecular flexibility index (Phi) is 4.21. The Balaban J connectivity index is 1.34. The molecule has 0 amide bonds. The van der Waals surface area contributed by atoms with E-state index in [2.05, 4.69) is 19.2 Å². The van der Waals surface area contributed by atoms with Crippen LogP contribution in [0.3, 0.4) is 0 Å². The van der Waals surface area contributed by atoms with Crippen LogP contribution in [-0.2, 0) is 6.54 Å². The maximum Gasteiger partial charge on any atom is 0.335 e. The van der Waals surface area contributed by atoms with Gasteiger partial charge in [0, 0.05) is 11.1 Å². The summed E-state index contributed by atoms with van der Waals surface area (Å²) < 4.78 is 6.06. The van der Waals surface area contributed by atoms with Gasteiger partial charge in [0.1, 0.15) is 11.5 Å². The molecule has 4 fully saturated rings. The van der Waals surface area contributed by atoms with Crippen LogP contribution in [0, 0.1) is 16.7 Å². The Labute approximate surface area is 176 Å². The van der Waals surface area contributed by atoms with E-state index in [9.17, 15) is 9.90 Å². The maximum absolute atomic E-state index is 11.3. The van der Waals surface area contributed by atoms with E-state index in [-0.39, 0.29) is 11.1 Å². The van der Waals surface area contributed by atoms with Crippen LogP contribution >= 0.6 is 11.6 Å². The van der Waals surface area contributed by atoms with Crippen molar-refractivity contribution in [3.63, 3.8) is 0 Å². The van der Waals surface area contributed by atoms with Crippen molar-refractivity contribution < 1.29 is 14.3 Å². The van der Waals surface area contributed by atoms with Gasteiger partial charge < -0.3 is 14.8 Å². The molecule has 4 aliphatic rings. The second-order valence-electron chi connectivity index (χ2n) is 10.5. The van der Waals surface area contributed by atoms with Gasteiger partial charge in [-0.1, -0.05) is 25.4 Å². The zero-order valence-electron chi connectivity index (χ0n) is 17.1. The number of aromatic carboxylic acids is 1. The van der Waals surface area contributed by atoms with Gasteiger partial charge in [0.25, 0.3) is 0 Å². The molecule has 2 aromatic rings. The summed E-state index contributed by atoms with van der Waals surface area (Å²) in [5.74, 6) is 1.35. The molecule has 6 rings (SSSR count). The molecule has 0 spiro atoms. The van der Waals surface area contributed by atoms with Crippen molar-refractivity contribution in [1.29, 1.82) is 0 Å². The molecule has 1 aromatic carbocycles. The van der Waals surface area contributed by atoms with Crippen LogP contribution in [0.2, 0.25) is 5.02 Å². The molecule has 154 valence electrons. The highest BCUT2D eigenvalue weighted by Crippen LogP contribution is 2.66. The molecule has 4 aliphatic carbocycles. The summed E-state index contributed by atoms with van der Waals surface area (Å²) in [6, 6.07) is 8.54. The zero-order chi connectivity index (χ0) is 20.4. The average Bonchev–Trinajstić information content (AvgIpc) is 3.06. The number of nitrogens with one attached hydrogen (secondary N) is 1. The molecule has 0 radical (unpaired) electrons. The average molecular weight is 414 g/mol. The summed E-state index contributed by atoms with van der Waals surface area (Å²) in [6.45, 7) is 5.65. The zero-order valence-corrected chi connectivity index (χ0v) is 17.8. The highest BCUT2D eigenvalue weighted by molar-refractivity contribution is 6.33. The van der Waals surface area contributed by atoms with Crippen molar-refractivity contribution >= 4 is 17.6 Å². The Morgan fingerprint density at radius 3 is 2.52 bits per heavy atom. The lowest BCUT2D eigenvalue weighted by molar-refractivity contribution is -0.118. The van der Waals surface area contributed by atoms with E-state index in [4.69, 9.17) is 16.0 Å². The van der Waals surface area contributed by atoms with Gasteiger partial charge in [-0.15, -0.1) is 0 Å². The maximum atomic E-state index is 11.3. The first-order chi connectivity index (χ1) is 13.7. The van der Waals surface area contributed by atoms with E-state index in [0.717, 1.165) is 11.7 Å². The molecule has 4 saturated carbocycles. The lowest BCUT2D eigenvalue weighted by Crippen LogP contribution is -2.63. The van der Waals surface area contributed by atoms with Crippen LogP contribution in [0.1, 0.15) is 68.5 Å². The number of furan rings is 1. The number of benzene rings is 1. The van der Waals surface area contributed by atoms with E-state index >= 15 is 0 Å². The molecule has 0 aliphatic heterocycles. The lowest BCUT2D eigenvalue weighted by Gasteiger charge is -2.65. The predicted molar refractivity (Wildman–Crippen MR) is 113 cm³/mol. The Morgan fingerprint density at radius 1 is 1.14 bits per heavy atom. The standard InChI is InChI=1S/C24H28ClNO3/c1-22-8-15-9-23(2,12-22)14-24(10-15,13-22)26-11-17-4-6-20(29-17)18-7-16(21(27)28)3-5-19(18)25/h3-7,15,26H,8-14H2,1-2H3,(H,27,28). The quantitative estimate of drug-likeness (QED) is 0.618. The molecule has 29 heavy (non-hydrogen) atoms. The summed E-state index contributed by atoms with van der Waals surface area (Å²) in [5.41, 5.74) is 1.99. The predicted octanol–water partition coefficient (Wildman–Crippen LogP) is 6.14.